The summed E-state index contributed by atoms with van der Waals surface area (Å²) in [7, 11) is 0. The fourth-order valence-electron chi connectivity index (χ4n) is 3.11. The minimum absolute atomic E-state index is 0.214. The normalized spacial score (nSPS) is 19.7. The molecule has 1 saturated carbocycles. The van der Waals surface area contributed by atoms with Crippen molar-refractivity contribution in [1.29, 1.82) is 0 Å². The van der Waals surface area contributed by atoms with Crippen LogP contribution in [0.1, 0.15) is 50.6 Å². The zero-order chi connectivity index (χ0) is 14.5. The Hall–Kier alpha value is -1.26. The second-order valence-corrected chi connectivity index (χ2v) is 5.82. The minimum Gasteiger partial charge on any atom is -0.454 e. The minimum atomic E-state index is 0.214. The quantitative estimate of drug-likeness (QED) is 0.872. The maximum absolute atomic E-state index is 6.14. The summed E-state index contributed by atoms with van der Waals surface area (Å²) in [5, 5.41) is 3.51. The van der Waals surface area contributed by atoms with E-state index in [1.54, 1.807) is 0 Å². The van der Waals surface area contributed by atoms with Crippen LogP contribution in [-0.4, -0.2) is 26.0 Å². The van der Waals surface area contributed by atoms with Crippen LogP contribution in [0.3, 0.4) is 0 Å². The maximum atomic E-state index is 6.14. The molecule has 1 heterocycles. The molecular weight excluding hydrogens is 266 g/mol. The van der Waals surface area contributed by atoms with Crippen LogP contribution in [0.15, 0.2) is 18.2 Å². The molecule has 0 aromatic heterocycles. The van der Waals surface area contributed by atoms with Gasteiger partial charge < -0.3 is 19.5 Å². The molecule has 0 saturated heterocycles. The van der Waals surface area contributed by atoms with Gasteiger partial charge in [-0.15, -0.1) is 0 Å². The van der Waals surface area contributed by atoms with E-state index in [2.05, 4.69) is 24.4 Å². The van der Waals surface area contributed by atoms with Gasteiger partial charge in [0.05, 0.1) is 18.8 Å². The van der Waals surface area contributed by atoms with E-state index in [1.165, 1.54) is 37.7 Å². The van der Waals surface area contributed by atoms with Gasteiger partial charge in [-0.2, -0.15) is 0 Å². The molecule has 1 atom stereocenters. The van der Waals surface area contributed by atoms with Crippen molar-refractivity contribution in [3.8, 4) is 11.5 Å². The molecule has 0 radical (unpaired) electrons. The first-order chi connectivity index (χ1) is 10.4. The lowest BCUT2D eigenvalue weighted by molar-refractivity contribution is 0.0157. The molecule has 1 fully saturated rings. The van der Waals surface area contributed by atoms with Crippen LogP contribution in [0.5, 0.6) is 11.5 Å². The second-order valence-electron chi connectivity index (χ2n) is 5.82. The van der Waals surface area contributed by atoms with Crippen LogP contribution in [-0.2, 0) is 4.74 Å². The number of rotatable bonds is 6. The average Bonchev–Trinajstić information content (AvgIpc) is 3.00. The van der Waals surface area contributed by atoms with Gasteiger partial charge in [-0.1, -0.05) is 32.3 Å². The molecule has 1 aliphatic carbocycles. The number of hydrogen-bond donors (Lipinski definition) is 1. The Morgan fingerprint density at radius 2 is 2.00 bits per heavy atom. The highest BCUT2D eigenvalue weighted by Crippen LogP contribution is 2.34. The summed E-state index contributed by atoms with van der Waals surface area (Å²) in [4.78, 5) is 0. The Kier molecular flexibility index (Phi) is 4.99. The van der Waals surface area contributed by atoms with Gasteiger partial charge in [0, 0.05) is 0 Å². The SMILES string of the molecule is CCNC(COC1CCCCC1)c1ccc2c(c1)OCO2. The molecule has 4 heteroatoms. The highest BCUT2D eigenvalue weighted by Gasteiger charge is 2.20. The Morgan fingerprint density at radius 1 is 1.19 bits per heavy atom. The Labute approximate surface area is 126 Å². The van der Waals surface area contributed by atoms with E-state index < -0.39 is 0 Å². The first-order valence-electron chi connectivity index (χ1n) is 8.11. The van der Waals surface area contributed by atoms with Crippen LogP contribution >= 0.6 is 0 Å². The Balaban J connectivity index is 1.63. The van der Waals surface area contributed by atoms with Gasteiger partial charge in [-0.3, -0.25) is 0 Å². The maximum Gasteiger partial charge on any atom is 0.231 e. The summed E-state index contributed by atoms with van der Waals surface area (Å²) >= 11 is 0. The predicted octanol–water partition coefficient (Wildman–Crippen LogP) is 3.42. The summed E-state index contributed by atoms with van der Waals surface area (Å²) in [6.07, 6.45) is 6.83. The molecule has 0 bridgehead atoms. The second kappa shape index (κ2) is 7.14. The van der Waals surface area contributed by atoms with Crippen molar-refractivity contribution < 1.29 is 14.2 Å². The topological polar surface area (TPSA) is 39.7 Å². The molecular formula is C17H25NO3. The van der Waals surface area contributed by atoms with Crippen molar-refractivity contribution in [2.75, 3.05) is 19.9 Å². The van der Waals surface area contributed by atoms with Crippen LogP contribution in [0.4, 0.5) is 0 Å². The Bertz CT molecular complexity index is 457. The van der Waals surface area contributed by atoms with E-state index >= 15 is 0 Å². The van der Waals surface area contributed by atoms with E-state index in [4.69, 9.17) is 14.2 Å². The van der Waals surface area contributed by atoms with Gasteiger partial charge >= 0.3 is 0 Å². The lowest BCUT2D eigenvalue weighted by atomic mass is 9.97. The van der Waals surface area contributed by atoms with Crippen molar-refractivity contribution in [2.45, 2.75) is 51.2 Å². The third-order valence-corrected chi connectivity index (χ3v) is 4.30. The summed E-state index contributed by atoms with van der Waals surface area (Å²) in [5.74, 6) is 1.68. The van der Waals surface area contributed by atoms with Crippen LogP contribution in [0, 0.1) is 0 Å². The number of nitrogens with one attached hydrogen (secondary N) is 1. The van der Waals surface area contributed by atoms with Crippen LogP contribution < -0.4 is 14.8 Å². The molecule has 21 heavy (non-hydrogen) atoms. The van der Waals surface area contributed by atoms with Crippen molar-refractivity contribution >= 4 is 0 Å². The highest BCUT2D eigenvalue weighted by molar-refractivity contribution is 5.45. The summed E-state index contributed by atoms with van der Waals surface area (Å²) in [6.45, 7) is 4.09. The van der Waals surface area contributed by atoms with Crippen LogP contribution in [0.2, 0.25) is 0 Å². The van der Waals surface area contributed by atoms with Gasteiger partial charge in [0.15, 0.2) is 11.5 Å². The fraction of sp³-hybridized carbons (Fsp3) is 0.647. The van der Waals surface area contributed by atoms with Crippen molar-refractivity contribution in [3.05, 3.63) is 23.8 Å². The van der Waals surface area contributed by atoms with Gasteiger partial charge in [0.25, 0.3) is 0 Å². The van der Waals surface area contributed by atoms with E-state index in [-0.39, 0.29) is 6.04 Å². The summed E-state index contributed by atoms with van der Waals surface area (Å²) in [6, 6.07) is 6.37. The molecule has 1 N–H and O–H groups in total. The molecule has 1 unspecified atom stereocenters. The zero-order valence-electron chi connectivity index (χ0n) is 12.8. The number of likely N-dealkylation sites (N-methyl/N-ethyl adjacent to an activating group) is 1. The molecule has 0 spiro atoms. The van der Waals surface area contributed by atoms with Crippen molar-refractivity contribution in [3.63, 3.8) is 0 Å². The van der Waals surface area contributed by atoms with Crippen molar-refractivity contribution in [1.82, 2.24) is 5.32 Å². The lowest BCUT2D eigenvalue weighted by Crippen LogP contribution is -2.28. The van der Waals surface area contributed by atoms with E-state index in [1.807, 2.05) is 6.07 Å². The summed E-state index contributed by atoms with van der Waals surface area (Å²) < 4.78 is 17.0. The van der Waals surface area contributed by atoms with Gasteiger partial charge in [-0.25, -0.2) is 0 Å². The molecule has 116 valence electrons. The van der Waals surface area contributed by atoms with Crippen molar-refractivity contribution in [2.24, 2.45) is 0 Å². The van der Waals surface area contributed by atoms with Crippen LogP contribution in [0.25, 0.3) is 0 Å². The molecule has 4 nitrogen and oxygen atoms in total. The van der Waals surface area contributed by atoms with E-state index in [0.29, 0.717) is 12.9 Å². The molecule has 1 aromatic rings. The predicted molar refractivity (Wildman–Crippen MR) is 81.8 cm³/mol. The molecule has 1 aliphatic heterocycles. The summed E-state index contributed by atoms with van der Waals surface area (Å²) in [5.41, 5.74) is 1.21. The lowest BCUT2D eigenvalue weighted by Gasteiger charge is -2.26. The number of hydrogen-bond acceptors (Lipinski definition) is 4. The average molecular weight is 291 g/mol. The van der Waals surface area contributed by atoms with Gasteiger partial charge in [0.1, 0.15) is 0 Å². The number of ether oxygens (including phenoxy) is 3. The monoisotopic (exact) mass is 291 g/mol. The van der Waals surface area contributed by atoms with E-state index in [0.717, 1.165) is 24.7 Å². The van der Waals surface area contributed by atoms with Gasteiger partial charge in [-0.05, 0) is 37.1 Å². The zero-order valence-corrected chi connectivity index (χ0v) is 12.8. The molecule has 1 aromatic carbocycles. The Morgan fingerprint density at radius 3 is 2.81 bits per heavy atom. The number of fused-ring (bicyclic) bond motifs is 1. The third kappa shape index (κ3) is 3.69. The molecule has 3 rings (SSSR count). The molecule has 0 amide bonds. The first-order valence-corrected chi connectivity index (χ1v) is 8.11. The van der Waals surface area contributed by atoms with Gasteiger partial charge in [0.2, 0.25) is 6.79 Å². The number of benzene rings is 1. The van der Waals surface area contributed by atoms with E-state index in [9.17, 15) is 0 Å². The highest BCUT2D eigenvalue weighted by atomic mass is 16.7. The standard InChI is InChI=1S/C17H25NO3/c1-2-18-15(11-19-14-6-4-3-5-7-14)13-8-9-16-17(10-13)21-12-20-16/h8-10,14-15,18H,2-7,11-12H2,1H3. The third-order valence-electron chi connectivity index (χ3n) is 4.30. The smallest absolute Gasteiger partial charge is 0.231 e. The molecule has 2 aliphatic rings. The first kappa shape index (κ1) is 14.7. The fourth-order valence-corrected chi connectivity index (χ4v) is 3.11. The largest absolute Gasteiger partial charge is 0.454 e.